The molecule has 64 valence electrons. The van der Waals surface area contributed by atoms with Gasteiger partial charge in [0.25, 0.3) is 0 Å². The summed E-state index contributed by atoms with van der Waals surface area (Å²) in [5.41, 5.74) is 0. The Labute approximate surface area is 70.7 Å². The van der Waals surface area contributed by atoms with E-state index in [-0.39, 0.29) is 6.04 Å². The number of hydrogen-bond donors (Lipinski definition) is 1. The van der Waals surface area contributed by atoms with Gasteiger partial charge in [-0.2, -0.15) is 5.26 Å². The maximum Gasteiger partial charge on any atom is 0.117 e. The fourth-order valence-electron chi connectivity index (χ4n) is 0.980. The molecule has 0 aromatic heterocycles. The Hall–Kier alpha value is -0.333. The molecule has 3 heteroatoms. The Kier molecular flexibility index (Phi) is 4.39. The fourth-order valence-corrected chi connectivity index (χ4v) is 2.23. The van der Waals surface area contributed by atoms with E-state index in [9.17, 15) is 0 Å². The van der Waals surface area contributed by atoms with Gasteiger partial charge in [0, 0.05) is 0 Å². The van der Waals surface area contributed by atoms with Crippen LogP contribution in [0.3, 0.4) is 0 Å². The smallest absolute Gasteiger partial charge is 0.117 e. The maximum atomic E-state index is 8.73. The van der Waals surface area contributed by atoms with E-state index in [1.54, 1.807) is 0 Å². The first kappa shape index (κ1) is 10.7. The average molecular weight is 170 g/mol. The van der Waals surface area contributed by atoms with Crippen LogP contribution in [0.4, 0.5) is 0 Å². The molecule has 1 atom stereocenters. The van der Waals surface area contributed by atoms with Gasteiger partial charge in [0.05, 0.1) is 12.1 Å². The summed E-state index contributed by atoms with van der Waals surface area (Å²) in [7, 11) is -1.25. The summed E-state index contributed by atoms with van der Waals surface area (Å²) >= 11 is 0. The molecule has 0 aliphatic rings. The topological polar surface area (TPSA) is 35.8 Å². The Bertz CT molecular complexity index is 143. The molecule has 0 heterocycles. The number of nitrogens with zero attached hydrogens (tertiary/aromatic N) is 1. The van der Waals surface area contributed by atoms with E-state index in [4.69, 9.17) is 5.26 Å². The molecule has 1 N–H and O–H groups in total. The molecule has 0 saturated heterocycles. The van der Waals surface area contributed by atoms with Gasteiger partial charge in [-0.05, 0) is 6.42 Å². The molecule has 0 saturated carbocycles. The predicted molar refractivity (Wildman–Crippen MR) is 50.8 cm³/mol. The number of nitriles is 1. The quantitative estimate of drug-likeness (QED) is 0.656. The molecule has 0 amide bonds. The third-order valence-corrected chi connectivity index (χ3v) is 2.55. The molecule has 0 aliphatic carbocycles. The van der Waals surface area contributed by atoms with Crippen LogP contribution in [-0.4, -0.2) is 14.3 Å². The summed E-state index contributed by atoms with van der Waals surface area (Å²) < 4.78 is 0. The highest BCUT2D eigenvalue weighted by atomic mass is 28.3. The van der Waals surface area contributed by atoms with Gasteiger partial charge in [-0.15, -0.1) is 0 Å². The minimum absolute atomic E-state index is 0.0756. The molecule has 0 rings (SSSR count). The lowest BCUT2D eigenvalue weighted by atomic mass is 10.2. The fraction of sp³-hybridized carbons (Fsp3) is 0.875. The molecule has 2 nitrogen and oxygen atoms in total. The summed E-state index contributed by atoms with van der Waals surface area (Å²) in [6.45, 7) is 8.75. The molecule has 0 aromatic carbocycles. The van der Waals surface area contributed by atoms with Crippen LogP contribution >= 0.6 is 0 Å². The Balaban J connectivity index is 3.81. The molecule has 11 heavy (non-hydrogen) atoms. The van der Waals surface area contributed by atoms with E-state index in [0.717, 1.165) is 12.8 Å². The SMILES string of the molecule is CCCC(C#N)N[Si](C)(C)C. The molecule has 0 fully saturated rings. The zero-order chi connectivity index (χ0) is 8.91. The first-order chi connectivity index (χ1) is 4.99. The third kappa shape index (κ3) is 6.08. The van der Waals surface area contributed by atoms with Gasteiger partial charge in [-0.3, -0.25) is 0 Å². The van der Waals surface area contributed by atoms with Crippen molar-refractivity contribution in [3.05, 3.63) is 0 Å². The van der Waals surface area contributed by atoms with Crippen molar-refractivity contribution in [2.45, 2.75) is 45.4 Å². The van der Waals surface area contributed by atoms with Gasteiger partial charge in [0.1, 0.15) is 8.24 Å². The van der Waals surface area contributed by atoms with Crippen molar-refractivity contribution in [3.8, 4) is 6.07 Å². The van der Waals surface area contributed by atoms with Crippen molar-refractivity contribution >= 4 is 8.24 Å². The minimum atomic E-state index is -1.25. The maximum absolute atomic E-state index is 8.73. The predicted octanol–water partition coefficient (Wildman–Crippen LogP) is 2.10. The largest absolute Gasteiger partial charge is 0.323 e. The van der Waals surface area contributed by atoms with Crippen LogP contribution in [0.1, 0.15) is 19.8 Å². The van der Waals surface area contributed by atoms with Crippen molar-refractivity contribution < 1.29 is 0 Å². The number of hydrogen-bond acceptors (Lipinski definition) is 2. The summed E-state index contributed by atoms with van der Waals surface area (Å²) in [6.07, 6.45) is 2.05. The van der Waals surface area contributed by atoms with Crippen LogP contribution in [0.5, 0.6) is 0 Å². The van der Waals surface area contributed by atoms with Gasteiger partial charge in [0.2, 0.25) is 0 Å². The molecule has 1 unspecified atom stereocenters. The minimum Gasteiger partial charge on any atom is -0.323 e. The zero-order valence-electron chi connectivity index (χ0n) is 7.94. The van der Waals surface area contributed by atoms with Crippen LogP contribution in [0.2, 0.25) is 19.6 Å². The monoisotopic (exact) mass is 170 g/mol. The van der Waals surface area contributed by atoms with Gasteiger partial charge >= 0.3 is 0 Å². The summed E-state index contributed by atoms with van der Waals surface area (Å²) in [5, 5.41) is 8.73. The Morgan fingerprint density at radius 3 is 2.27 bits per heavy atom. The average Bonchev–Trinajstić information content (AvgIpc) is 1.84. The second-order valence-electron chi connectivity index (χ2n) is 3.86. The van der Waals surface area contributed by atoms with Gasteiger partial charge < -0.3 is 4.98 Å². The highest BCUT2D eigenvalue weighted by Crippen LogP contribution is 2.01. The van der Waals surface area contributed by atoms with Crippen LogP contribution in [0.15, 0.2) is 0 Å². The van der Waals surface area contributed by atoms with Crippen LogP contribution < -0.4 is 4.98 Å². The molecule has 0 spiro atoms. The van der Waals surface area contributed by atoms with Crippen molar-refractivity contribution in [1.82, 2.24) is 4.98 Å². The van der Waals surface area contributed by atoms with E-state index in [2.05, 4.69) is 37.6 Å². The van der Waals surface area contributed by atoms with E-state index in [1.807, 2.05) is 0 Å². The first-order valence-electron chi connectivity index (χ1n) is 4.17. The van der Waals surface area contributed by atoms with E-state index >= 15 is 0 Å². The van der Waals surface area contributed by atoms with Crippen LogP contribution in [0.25, 0.3) is 0 Å². The van der Waals surface area contributed by atoms with Crippen molar-refractivity contribution in [2.75, 3.05) is 0 Å². The van der Waals surface area contributed by atoms with E-state index < -0.39 is 8.24 Å². The second-order valence-corrected chi connectivity index (χ2v) is 8.65. The van der Waals surface area contributed by atoms with Crippen molar-refractivity contribution in [3.63, 3.8) is 0 Å². The standard InChI is InChI=1S/C8H18N2Si/c1-5-6-8(7-9)10-11(2,3)4/h8,10H,5-6H2,1-4H3. The Morgan fingerprint density at radius 2 is 2.00 bits per heavy atom. The highest BCUT2D eigenvalue weighted by molar-refractivity contribution is 6.73. The molecular weight excluding hydrogens is 152 g/mol. The van der Waals surface area contributed by atoms with Gasteiger partial charge in [-0.1, -0.05) is 33.0 Å². The third-order valence-electron chi connectivity index (χ3n) is 1.34. The number of rotatable bonds is 4. The molecule has 0 aromatic rings. The molecule has 0 aliphatic heterocycles. The molecule has 0 bridgehead atoms. The zero-order valence-corrected chi connectivity index (χ0v) is 8.94. The molecule has 0 radical (unpaired) electrons. The van der Waals surface area contributed by atoms with E-state index in [0.29, 0.717) is 0 Å². The van der Waals surface area contributed by atoms with E-state index in [1.165, 1.54) is 0 Å². The number of nitrogens with one attached hydrogen (secondary N) is 1. The Morgan fingerprint density at radius 1 is 1.45 bits per heavy atom. The highest BCUT2D eigenvalue weighted by Gasteiger charge is 2.17. The summed E-state index contributed by atoms with van der Waals surface area (Å²) in [6, 6.07) is 2.36. The van der Waals surface area contributed by atoms with Crippen LogP contribution in [0, 0.1) is 11.3 Å². The lowest BCUT2D eigenvalue weighted by Gasteiger charge is -2.21. The van der Waals surface area contributed by atoms with Gasteiger partial charge in [-0.25, -0.2) is 0 Å². The van der Waals surface area contributed by atoms with Crippen molar-refractivity contribution in [1.29, 1.82) is 5.26 Å². The lowest BCUT2D eigenvalue weighted by molar-refractivity contribution is 0.658. The second kappa shape index (κ2) is 4.53. The van der Waals surface area contributed by atoms with Gasteiger partial charge in [0.15, 0.2) is 0 Å². The molecular formula is C8H18N2Si. The first-order valence-corrected chi connectivity index (χ1v) is 7.67. The summed E-state index contributed by atoms with van der Waals surface area (Å²) in [5.74, 6) is 0. The van der Waals surface area contributed by atoms with Crippen LogP contribution in [-0.2, 0) is 0 Å². The lowest BCUT2D eigenvalue weighted by Crippen LogP contribution is -2.47. The summed E-state index contributed by atoms with van der Waals surface area (Å²) in [4.78, 5) is 3.38. The van der Waals surface area contributed by atoms with Crippen molar-refractivity contribution in [2.24, 2.45) is 0 Å². The normalized spacial score (nSPS) is 14.1.